The van der Waals surface area contributed by atoms with E-state index in [1.165, 1.54) is 18.4 Å². The van der Waals surface area contributed by atoms with E-state index in [-0.39, 0.29) is 0 Å². The topological polar surface area (TPSA) is 18.5 Å². The van der Waals surface area contributed by atoms with E-state index in [2.05, 4.69) is 12.1 Å². The van der Waals surface area contributed by atoms with Gasteiger partial charge in [-0.1, -0.05) is 12.1 Å². The first-order chi connectivity index (χ1) is 6.90. The summed E-state index contributed by atoms with van der Waals surface area (Å²) in [5, 5.41) is 0. The Bertz CT molecular complexity index is 273. The van der Waals surface area contributed by atoms with Crippen molar-refractivity contribution in [1.29, 1.82) is 0 Å². The molecule has 76 valence electrons. The average molecular weight is 192 g/mol. The van der Waals surface area contributed by atoms with E-state index in [0.29, 0.717) is 6.10 Å². The maximum atomic E-state index is 5.70. The van der Waals surface area contributed by atoms with Gasteiger partial charge in [0, 0.05) is 6.61 Å². The SMILES string of the molecule is COc1ccc(C2CCCCO2)cc1. The Labute approximate surface area is 84.8 Å². The molecule has 1 aromatic carbocycles. The first kappa shape index (κ1) is 9.53. The van der Waals surface area contributed by atoms with Gasteiger partial charge in [-0.15, -0.1) is 0 Å². The molecule has 2 nitrogen and oxygen atoms in total. The van der Waals surface area contributed by atoms with E-state index in [9.17, 15) is 0 Å². The van der Waals surface area contributed by atoms with Crippen molar-refractivity contribution >= 4 is 0 Å². The zero-order valence-electron chi connectivity index (χ0n) is 8.53. The third kappa shape index (κ3) is 2.07. The van der Waals surface area contributed by atoms with Gasteiger partial charge in [0.2, 0.25) is 0 Å². The van der Waals surface area contributed by atoms with Crippen LogP contribution in [0.3, 0.4) is 0 Å². The molecule has 0 aromatic heterocycles. The summed E-state index contributed by atoms with van der Waals surface area (Å²) in [7, 11) is 1.69. The lowest BCUT2D eigenvalue weighted by Crippen LogP contribution is -2.11. The molecule has 2 rings (SSSR count). The zero-order valence-corrected chi connectivity index (χ0v) is 8.53. The molecular formula is C12H16O2. The smallest absolute Gasteiger partial charge is 0.118 e. The van der Waals surface area contributed by atoms with Crippen molar-refractivity contribution in [2.45, 2.75) is 25.4 Å². The molecule has 1 fully saturated rings. The molecule has 1 aliphatic heterocycles. The molecule has 0 radical (unpaired) electrons. The number of ether oxygens (including phenoxy) is 2. The highest BCUT2D eigenvalue weighted by atomic mass is 16.5. The van der Waals surface area contributed by atoms with E-state index in [1.807, 2.05) is 12.1 Å². The minimum absolute atomic E-state index is 0.301. The fourth-order valence-electron chi connectivity index (χ4n) is 1.82. The van der Waals surface area contributed by atoms with E-state index in [4.69, 9.17) is 9.47 Å². The Morgan fingerprint density at radius 3 is 2.57 bits per heavy atom. The second kappa shape index (κ2) is 4.47. The van der Waals surface area contributed by atoms with Gasteiger partial charge in [0.05, 0.1) is 13.2 Å². The lowest BCUT2D eigenvalue weighted by Gasteiger charge is -2.22. The van der Waals surface area contributed by atoms with Crippen LogP contribution in [0.15, 0.2) is 24.3 Å². The fourth-order valence-corrected chi connectivity index (χ4v) is 1.82. The molecule has 0 N–H and O–H groups in total. The van der Waals surface area contributed by atoms with Crippen LogP contribution in [0.1, 0.15) is 30.9 Å². The van der Waals surface area contributed by atoms with E-state index < -0.39 is 0 Å². The lowest BCUT2D eigenvalue weighted by molar-refractivity contribution is 0.0149. The molecule has 0 saturated carbocycles. The van der Waals surface area contributed by atoms with Gasteiger partial charge in [-0.05, 0) is 37.0 Å². The molecule has 1 aromatic rings. The van der Waals surface area contributed by atoms with Crippen LogP contribution in [0.4, 0.5) is 0 Å². The maximum absolute atomic E-state index is 5.70. The van der Waals surface area contributed by atoms with Gasteiger partial charge in [0.1, 0.15) is 5.75 Å². The predicted molar refractivity (Wildman–Crippen MR) is 55.5 cm³/mol. The summed E-state index contributed by atoms with van der Waals surface area (Å²) in [4.78, 5) is 0. The van der Waals surface area contributed by atoms with Crippen molar-refractivity contribution in [2.24, 2.45) is 0 Å². The Balaban J connectivity index is 2.07. The highest BCUT2D eigenvalue weighted by Crippen LogP contribution is 2.28. The molecule has 1 aliphatic rings. The van der Waals surface area contributed by atoms with Crippen LogP contribution in [0, 0.1) is 0 Å². The summed E-state index contributed by atoms with van der Waals surface area (Å²) in [6, 6.07) is 8.17. The van der Waals surface area contributed by atoms with E-state index >= 15 is 0 Å². The third-order valence-electron chi connectivity index (χ3n) is 2.67. The van der Waals surface area contributed by atoms with Crippen molar-refractivity contribution in [1.82, 2.24) is 0 Å². The molecule has 1 heterocycles. The minimum Gasteiger partial charge on any atom is -0.497 e. The summed E-state index contributed by atoms with van der Waals surface area (Å²) in [6.45, 7) is 0.899. The predicted octanol–water partition coefficient (Wildman–Crippen LogP) is 2.94. The number of benzene rings is 1. The standard InChI is InChI=1S/C12H16O2/c1-13-11-7-5-10(6-8-11)12-4-2-3-9-14-12/h5-8,12H,2-4,9H2,1H3. The number of hydrogen-bond donors (Lipinski definition) is 0. The summed E-state index contributed by atoms with van der Waals surface area (Å²) in [5.74, 6) is 0.907. The molecule has 0 spiro atoms. The first-order valence-corrected chi connectivity index (χ1v) is 5.16. The largest absolute Gasteiger partial charge is 0.497 e. The van der Waals surface area contributed by atoms with Gasteiger partial charge in [0.25, 0.3) is 0 Å². The first-order valence-electron chi connectivity index (χ1n) is 5.16. The molecule has 1 atom stereocenters. The molecule has 0 aliphatic carbocycles. The van der Waals surface area contributed by atoms with Crippen molar-refractivity contribution in [3.8, 4) is 5.75 Å². The van der Waals surface area contributed by atoms with Crippen molar-refractivity contribution in [3.63, 3.8) is 0 Å². The second-order valence-corrected chi connectivity index (χ2v) is 3.63. The van der Waals surface area contributed by atoms with Crippen LogP contribution in [-0.2, 0) is 4.74 Å². The van der Waals surface area contributed by atoms with Gasteiger partial charge < -0.3 is 9.47 Å². The van der Waals surface area contributed by atoms with Gasteiger partial charge in [-0.2, -0.15) is 0 Å². The quantitative estimate of drug-likeness (QED) is 0.717. The average Bonchev–Trinajstić information content (AvgIpc) is 2.30. The Morgan fingerprint density at radius 2 is 2.00 bits per heavy atom. The van der Waals surface area contributed by atoms with Crippen LogP contribution >= 0.6 is 0 Å². The van der Waals surface area contributed by atoms with Crippen LogP contribution in [0.2, 0.25) is 0 Å². The molecule has 14 heavy (non-hydrogen) atoms. The summed E-state index contributed by atoms with van der Waals surface area (Å²) >= 11 is 0. The van der Waals surface area contributed by atoms with Crippen molar-refractivity contribution in [2.75, 3.05) is 13.7 Å². The molecule has 0 bridgehead atoms. The molecule has 0 amide bonds. The summed E-state index contributed by atoms with van der Waals surface area (Å²) < 4.78 is 10.8. The normalized spacial score (nSPS) is 21.9. The Kier molecular flexibility index (Phi) is 3.04. The highest BCUT2D eigenvalue weighted by Gasteiger charge is 2.15. The minimum atomic E-state index is 0.301. The van der Waals surface area contributed by atoms with Crippen LogP contribution in [0.25, 0.3) is 0 Å². The number of methoxy groups -OCH3 is 1. The Hall–Kier alpha value is -1.02. The number of rotatable bonds is 2. The van der Waals surface area contributed by atoms with Gasteiger partial charge in [-0.25, -0.2) is 0 Å². The second-order valence-electron chi connectivity index (χ2n) is 3.63. The fraction of sp³-hybridized carbons (Fsp3) is 0.500. The lowest BCUT2D eigenvalue weighted by atomic mass is 10.0. The summed E-state index contributed by atoms with van der Waals surface area (Å²) in [5.41, 5.74) is 1.27. The van der Waals surface area contributed by atoms with Crippen LogP contribution in [-0.4, -0.2) is 13.7 Å². The number of hydrogen-bond acceptors (Lipinski definition) is 2. The van der Waals surface area contributed by atoms with Gasteiger partial charge in [-0.3, -0.25) is 0 Å². The van der Waals surface area contributed by atoms with Crippen LogP contribution in [0.5, 0.6) is 5.75 Å². The van der Waals surface area contributed by atoms with Crippen LogP contribution < -0.4 is 4.74 Å². The van der Waals surface area contributed by atoms with E-state index in [0.717, 1.165) is 18.8 Å². The van der Waals surface area contributed by atoms with Crippen molar-refractivity contribution < 1.29 is 9.47 Å². The highest BCUT2D eigenvalue weighted by molar-refractivity contribution is 5.28. The molecule has 2 heteroatoms. The molecular weight excluding hydrogens is 176 g/mol. The van der Waals surface area contributed by atoms with Gasteiger partial charge in [0.15, 0.2) is 0 Å². The molecule has 1 saturated heterocycles. The Morgan fingerprint density at radius 1 is 1.21 bits per heavy atom. The van der Waals surface area contributed by atoms with Crippen molar-refractivity contribution in [3.05, 3.63) is 29.8 Å². The molecule has 1 unspecified atom stereocenters. The zero-order chi connectivity index (χ0) is 9.80. The summed E-state index contributed by atoms with van der Waals surface area (Å²) in [6.07, 6.45) is 3.92. The van der Waals surface area contributed by atoms with E-state index in [1.54, 1.807) is 7.11 Å². The monoisotopic (exact) mass is 192 g/mol. The third-order valence-corrected chi connectivity index (χ3v) is 2.67. The van der Waals surface area contributed by atoms with Gasteiger partial charge >= 0.3 is 0 Å². The maximum Gasteiger partial charge on any atom is 0.118 e.